The smallest absolute Gasteiger partial charge is 0.236 e. The zero-order valence-corrected chi connectivity index (χ0v) is 11.9. The van der Waals surface area contributed by atoms with Gasteiger partial charge < -0.3 is 10.0 Å². The predicted octanol–water partition coefficient (Wildman–Crippen LogP) is 2.00. The first kappa shape index (κ1) is 15.4. The Balaban J connectivity index is 2.89. The minimum absolute atomic E-state index is 0.00435. The summed E-state index contributed by atoms with van der Waals surface area (Å²) in [5.74, 6) is -0.556. The molecule has 1 aromatic rings. The molecule has 0 bridgehead atoms. The largest absolute Gasteiger partial charge is 0.508 e. The highest BCUT2D eigenvalue weighted by atomic mass is 19.1. The number of rotatable bonds is 5. The van der Waals surface area contributed by atoms with Gasteiger partial charge in [-0.1, -0.05) is 13.0 Å². The molecule has 1 rings (SSSR count). The summed E-state index contributed by atoms with van der Waals surface area (Å²) in [4.78, 5) is 15.2. The number of phenols is 1. The molecule has 0 aliphatic rings. The van der Waals surface area contributed by atoms with Gasteiger partial charge in [0.25, 0.3) is 0 Å². The molecule has 106 valence electrons. The molecule has 1 N–H and O–H groups in total. The minimum atomic E-state index is -0.471. The second kappa shape index (κ2) is 6.52. The number of halogens is 1. The van der Waals surface area contributed by atoms with Gasteiger partial charge in [0, 0.05) is 31.8 Å². The van der Waals surface area contributed by atoms with Gasteiger partial charge in [-0.05, 0) is 19.5 Å². The van der Waals surface area contributed by atoms with Crippen LogP contribution in [0.15, 0.2) is 18.2 Å². The van der Waals surface area contributed by atoms with Crippen LogP contribution in [0.25, 0.3) is 0 Å². The highest BCUT2D eigenvalue weighted by Crippen LogP contribution is 2.28. The van der Waals surface area contributed by atoms with Crippen molar-refractivity contribution in [3.63, 3.8) is 0 Å². The topological polar surface area (TPSA) is 43.8 Å². The summed E-state index contributed by atoms with van der Waals surface area (Å²) >= 11 is 0. The summed E-state index contributed by atoms with van der Waals surface area (Å²) in [5, 5.41) is 9.79. The number of hydrogen-bond acceptors (Lipinski definition) is 3. The van der Waals surface area contributed by atoms with E-state index in [1.54, 1.807) is 20.2 Å². The molecule has 0 heterocycles. The van der Waals surface area contributed by atoms with E-state index in [4.69, 9.17) is 0 Å². The zero-order valence-electron chi connectivity index (χ0n) is 11.9. The Labute approximate surface area is 113 Å². The molecule has 1 atom stereocenters. The van der Waals surface area contributed by atoms with Crippen molar-refractivity contribution < 1.29 is 14.3 Å². The van der Waals surface area contributed by atoms with Gasteiger partial charge in [0.15, 0.2) is 0 Å². The van der Waals surface area contributed by atoms with Gasteiger partial charge >= 0.3 is 0 Å². The fraction of sp³-hybridized carbons (Fsp3) is 0.500. The van der Waals surface area contributed by atoms with Crippen LogP contribution in [0.5, 0.6) is 5.75 Å². The van der Waals surface area contributed by atoms with Crippen LogP contribution in [-0.4, -0.2) is 48.0 Å². The maximum atomic E-state index is 13.0. The van der Waals surface area contributed by atoms with E-state index in [0.29, 0.717) is 12.1 Å². The first-order chi connectivity index (χ1) is 8.86. The SMILES string of the molecule is CCN(CC(=O)N(C)C)C(C)c1ccc(F)cc1O. The van der Waals surface area contributed by atoms with E-state index in [1.165, 1.54) is 11.0 Å². The zero-order chi connectivity index (χ0) is 14.6. The number of likely N-dealkylation sites (N-methyl/N-ethyl adjacent to an activating group) is 2. The maximum Gasteiger partial charge on any atom is 0.236 e. The Kier molecular flexibility index (Phi) is 5.30. The van der Waals surface area contributed by atoms with Gasteiger partial charge in [-0.3, -0.25) is 9.69 Å². The molecule has 0 saturated carbocycles. The molecule has 0 aromatic heterocycles. The quantitative estimate of drug-likeness (QED) is 0.888. The first-order valence-electron chi connectivity index (χ1n) is 6.29. The standard InChI is InChI=1S/C14H21FN2O2/c1-5-17(9-14(19)16(3)4)10(2)12-7-6-11(15)8-13(12)18/h6-8,10,18H,5,9H2,1-4H3. The normalized spacial score (nSPS) is 12.5. The second-order valence-corrected chi connectivity index (χ2v) is 4.73. The van der Waals surface area contributed by atoms with Crippen molar-refractivity contribution in [2.24, 2.45) is 0 Å². The molecule has 0 aliphatic heterocycles. The van der Waals surface area contributed by atoms with Crippen molar-refractivity contribution in [2.75, 3.05) is 27.2 Å². The summed E-state index contributed by atoms with van der Waals surface area (Å²) in [6, 6.07) is 3.80. The number of hydrogen-bond donors (Lipinski definition) is 1. The van der Waals surface area contributed by atoms with E-state index >= 15 is 0 Å². The second-order valence-electron chi connectivity index (χ2n) is 4.73. The lowest BCUT2D eigenvalue weighted by atomic mass is 10.1. The predicted molar refractivity (Wildman–Crippen MR) is 72.4 cm³/mol. The van der Waals surface area contributed by atoms with Gasteiger partial charge in [-0.15, -0.1) is 0 Å². The maximum absolute atomic E-state index is 13.0. The Morgan fingerprint density at radius 1 is 1.42 bits per heavy atom. The van der Waals surface area contributed by atoms with E-state index < -0.39 is 5.82 Å². The van der Waals surface area contributed by atoms with Crippen LogP contribution in [0.3, 0.4) is 0 Å². The van der Waals surface area contributed by atoms with E-state index in [9.17, 15) is 14.3 Å². The summed E-state index contributed by atoms with van der Waals surface area (Å²) in [7, 11) is 3.41. The average Bonchev–Trinajstić information content (AvgIpc) is 2.34. The molecular weight excluding hydrogens is 247 g/mol. The van der Waals surface area contributed by atoms with Crippen LogP contribution in [0.2, 0.25) is 0 Å². The molecule has 4 nitrogen and oxygen atoms in total. The molecule has 5 heteroatoms. The lowest BCUT2D eigenvalue weighted by molar-refractivity contribution is -0.130. The van der Waals surface area contributed by atoms with Crippen molar-refractivity contribution in [1.29, 1.82) is 0 Å². The molecule has 0 radical (unpaired) electrons. The molecule has 1 amide bonds. The van der Waals surface area contributed by atoms with Gasteiger partial charge in [0.05, 0.1) is 6.54 Å². The van der Waals surface area contributed by atoms with Crippen LogP contribution in [-0.2, 0) is 4.79 Å². The van der Waals surface area contributed by atoms with Gasteiger partial charge in [0.1, 0.15) is 11.6 Å². The van der Waals surface area contributed by atoms with Gasteiger partial charge in [0.2, 0.25) is 5.91 Å². The molecule has 0 aliphatic carbocycles. The molecule has 19 heavy (non-hydrogen) atoms. The highest BCUT2D eigenvalue weighted by molar-refractivity contribution is 5.77. The van der Waals surface area contributed by atoms with E-state index in [2.05, 4.69) is 0 Å². The minimum Gasteiger partial charge on any atom is -0.508 e. The van der Waals surface area contributed by atoms with Crippen LogP contribution in [0.1, 0.15) is 25.5 Å². The molecule has 0 saturated heterocycles. The molecule has 0 fully saturated rings. The van der Waals surface area contributed by atoms with Crippen LogP contribution in [0, 0.1) is 5.82 Å². The van der Waals surface area contributed by atoms with E-state index in [-0.39, 0.29) is 24.2 Å². The Morgan fingerprint density at radius 3 is 2.53 bits per heavy atom. The Hall–Kier alpha value is -1.62. The van der Waals surface area contributed by atoms with Gasteiger partial charge in [-0.25, -0.2) is 4.39 Å². The summed E-state index contributed by atoms with van der Waals surface area (Å²) < 4.78 is 13.0. The number of amides is 1. The monoisotopic (exact) mass is 268 g/mol. The molecule has 1 aromatic carbocycles. The van der Waals surface area contributed by atoms with E-state index in [0.717, 1.165) is 6.07 Å². The van der Waals surface area contributed by atoms with Crippen LogP contribution < -0.4 is 0 Å². The Bertz CT molecular complexity index is 449. The number of aromatic hydroxyl groups is 1. The number of phenolic OH excluding ortho intramolecular Hbond substituents is 1. The third kappa shape index (κ3) is 3.92. The number of carbonyl (C=O) groups is 1. The third-order valence-electron chi connectivity index (χ3n) is 3.23. The molecule has 0 spiro atoms. The summed E-state index contributed by atoms with van der Waals surface area (Å²) in [5.41, 5.74) is 0.620. The lowest BCUT2D eigenvalue weighted by Gasteiger charge is -2.29. The molecule has 1 unspecified atom stereocenters. The van der Waals surface area contributed by atoms with Crippen LogP contribution in [0.4, 0.5) is 4.39 Å². The third-order valence-corrected chi connectivity index (χ3v) is 3.23. The number of carbonyl (C=O) groups excluding carboxylic acids is 1. The van der Waals surface area contributed by atoms with Crippen molar-refractivity contribution in [3.05, 3.63) is 29.6 Å². The van der Waals surface area contributed by atoms with Crippen molar-refractivity contribution in [1.82, 2.24) is 9.80 Å². The Morgan fingerprint density at radius 2 is 2.05 bits per heavy atom. The summed E-state index contributed by atoms with van der Waals surface area (Å²) in [6.07, 6.45) is 0. The van der Waals surface area contributed by atoms with Crippen molar-refractivity contribution in [2.45, 2.75) is 19.9 Å². The number of nitrogens with zero attached hydrogens (tertiary/aromatic N) is 2. The van der Waals surface area contributed by atoms with Crippen molar-refractivity contribution >= 4 is 5.91 Å². The molecular formula is C14H21FN2O2. The van der Waals surface area contributed by atoms with Crippen LogP contribution >= 0.6 is 0 Å². The highest BCUT2D eigenvalue weighted by Gasteiger charge is 2.20. The number of benzene rings is 1. The first-order valence-corrected chi connectivity index (χ1v) is 6.29. The van der Waals surface area contributed by atoms with Gasteiger partial charge in [-0.2, -0.15) is 0 Å². The fourth-order valence-corrected chi connectivity index (χ4v) is 1.90. The van der Waals surface area contributed by atoms with E-state index in [1.807, 2.05) is 18.7 Å². The average molecular weight is 268 g/mol. The summed E-state index contributed by atoms with van der Waals surface area (Å²) in [6.45, 7) is 4.76. The fourth-order valence-electron chi connectivity index (χ4n) is 1.90. The van der Waals surface area contributed by atoms with Crippen molar-refractivity contribution in [3.8, 4) is 5.75 Å². The lowest BCUT2D eigenvalue weighted by Crippen LogP contribution is -2.38.